The Morgan fingerprint density at radius 3 is 2.33 bits per heavy atom. The lowest BCUT2D eigenvalue weighted by atomic mass is 10.0. The number of ether oxygens (including phenoxy) is 1. The number of hydrogen-bond acceptors (Lipinski definition) is 3. The average molecular weight is 291 g/mol. The fourth-order valence-electron chi connectivity index (χ4n) is 1.68. The Morgan fingerprint density at radius 2 is 1.90 bits per heavy atom. The van der Waals surface area contributed by atoms with Crippen molar-refractivity contribution in [2.24, 2.45) is 0 Å². The van der Waals surface area contributed by atoms with Crippen molar-refractivity contribution in [2.75, 3.05) is 0 Å². The van der Waals surface area contributed by atoms with Crippen LogP contribution in [0.1, 0.15) is 31.9 Å². The highest BCUT2D eigenvalue weighted by Gasteiger charge is 2.24. The van der Waals surface area contributed by atoms with E-state index in [-0.39, 0.29) is 6.42 Å². The number of rotatable bonds is 5. The molecule has 2 N–H and O–H groups in total. The first-order valence-electron chi connectivity index (χ1n) is 6.65. The highest BCUT2D eigenvalue weighted by molar-refractivity contribution is 5.80. The zero-order valence-electron chi connectivity index (χ0n) is 12.6. The minimum atomic E-state index is -1.10. The Bertz CT molecular complexity index is 514. The van der Waals surface area contributed by atoms with Crippen LogP contribution in [0.25, 0.3) is 6.08 Å². The Hall–Kier alpha value is -2.30. The minimum Gasteiger partial charge on any atom is -0.480 e. The van der Waals surface area contributed by atoms with Crippen molar-refractivity contribution in [2.45, 2.75) is 38.8 Å². The van der Waals surface area contributed by atoms with Crippen molar-refractivity contribution in [1.82, 2.24) is 5.32 Å². The van der Waals surface area contributed by atoms with Gasteiger partial charge in [0.1, 0.15) is 11.6 Å². The molecule has 0 aliphatic heterocycles. The molecular formula is C16H21NO4. The Balaban J connectivity index is 2.71. The fourth-order valence-corrected chi connectivity index (χ4v) is 1.68. The molecule has 114 valence electrons. The second-order valence-corrected chi connectivity index (χ2v) is 5.69. The van der Waals surface area contributed by atoms with Crippen LogP contribution >= 0.6 is 0 Å². The van der Waals surface area contributed by atoms with Crippen molar-refractivity contribution in [3.63, 3.8) is 0 Å². The summed E-state index contributed by atoms with van der Waals surface area (Å²) in [5.41, 5.74) is 1.09. The highest BCUT2D eigenvalue weighted by atomic mass is 16.6. The van der Waals surface area contributed by atoms with Gasteiger partial charge in [-0.05, 0) is 31.9 Å². The molecule has 1 amide bonds. The molecule has 5 heteroatoms. The monoisotopic (exact) mass is 291 g/mol. The van der Waals surface area contributed by atoms with Crippen LogP contribution in [0.2, 0.25) is 0 Å². The van der Waals surface area contributed by atoms with E-state index in [2.05, 4.69) is 11.9 Å². The standard InChI is InChI=1S/C16H21NO4/c1-5-11-6-8-12(9-7-11)10-13(14(18)19)17-15(20)21-16(2,3)4/h5-9,13H,1,10H2,2-4H3,(H,17,20)(H,18,19)/t13-/m1/s1. The van der Waals surface area contributed by atoms with Gasteiger partial charge >= 0.3 is 12.1 Å². The molecule has 0 aliphatic carbocycles. The summed E-state index contributed by atoms with van der Waals surface area (Å²) in [5, 5.41) is 11.6. The predicted octanol–water partition coefficient (Wildman–Crippen LogP) is 2.85. The lowest BCUT2D eigenvalue weighted by Gasteiger charge is -2.22. The second-order valence-electron chi connectivity index (χ2n) is 5.69. The molecule has 0 saturated heterocycles. The molecule has 21 heavy (non-hydrogen) atoms. The van der Waals surface area contributed by atoms with Gasteiger partial charge in [-0.3, -0.25) is 0 Å². The summed E-state index contributed by atoms with van der Waals surface area (Å²) in [4.78, 5) is 22.9. The predicted molar refractivity (Wildman–Crippen MR) is 81.0 cm³/mol. The third kappa shape index (κ3) is 6.12. The van der Waals surface area contributed by atoms with Gasteiger partial charge in [0.2, 0.25) is 0 Å². The molecule has 0 fully saturated rings. The number of carboxylic acid groups (broad SMARTS) is 1. The number of nitrogens with one attached hydrogen (secondary N) is 1. The molecule has 0 aliphatic rings. The van der Waals surface area contributed by atoms with Gasteiger partial charge in [0, 0.05) is 6.42 Å². The lowest BCUT2D eigenvalue weighted by molar-refractivity contribution is -0.139. The molecule has 0 aromatic heterocycles. The van der Waals surface area contributed by atoms with Crippen molar-refractivity contribution >= 4 is 18.1 Å². The zero-order chi connectivity index (χ0) is 16.0. The van der Waals surface area contributed by atoms with Crippen molar-refractivity contribution in [1.29, 1.82) is 0 Å². The number of carbonyl (C=O) groups is 2. The smallest absolute Gasteiger partial charge is 0.408 e. The lowest BCUT2D eigenvalue weighted by Crippen LogP contribution is -2.44. The maximum Gasteiger partial charge on any atom is 0.408 e. The van der Waals surface area contributed by atoms with Crippen LogP contribution in [0.5, 0.6) is 0 Å². The number of aliphatic carboxylic acids is 1. The maximum atomic E-state index is 11.7. The molecular weight excluding hydrogens is 270 g/mol. The first-order chi connectivity index (χ1) is 9.71. The van der Waals surface area contributed by atoms with E-state index in [0.29, 0.717) is 0 Å². The van der Waals surface area contributed by atoms with Crippen molar-refractivity contribution in [3.05, 3.63) is 42.0 Å². The van der Waals surface area contributed by atoms with E-state index in [1.165, 1.54) is 0 Å². The van der Waals surface area contributed by atoms with Gasteiger partial charge < -0.3 is 15.2 Å². The van der Waals surface area contributed by atoms with E-state index in [4.69, 9.17) is 4.74 Å². The first-order valence-corrected chi connectivity index (χ1v) is 6.65. The fraction of sp³-hybridized carbons (Fsp3) is 0.375. The molecule has 0 heterocycles. The van der Waals surface area contributed by atoms with E-state index >= 15 is 0 Å². The Labute approximate surface area is 124 Å². The van der Waals surface area contributed by atoms with Gasteiger partial charge in [0.25, 0.3) is 0 Å². The zero-order valence-corrected chi connectivity index (χ0v) is 12.6. The molecule has 0 radical (unpaired) electrons. The minimum absolute atomic E-state index is 0.187. The molecule has 1 rings (SSSR count). The van der Waals surface area contributed by atoms with Gasteiger partial charge in [0.15, 0.2) is 0 Å². The Kier molecular flexibility index (Phi) is 5.52. The summed E-state index contributed by atoms with van der Waals surface area (Å²) in [6.07, 6.45) is 1.15. The third-order valence-corrected chi connectivity index (χ3v) is 2.64. The summed E-state index contributed by atoms with van der Waals surface area (Å²) in [6.45, 7) is 8.81. The summed E-state index contributed by atoms with van der Waals surface area (Å²) in [5.74, 6) is -1.10. The van der Waals surface area contributed by atoms with Crippen LogP contribution < -0.4 is 5.32 Å². The second kappa shape index (κ2) is 6.92. The van der Waals surface area contributed by atoms with Crippen LogP contribution in [0.3, 0.4) is 0 Å². The largest absolute Gasteiger partial charge is 0.480 e. The molecule has 0 spiro atoms. The summed E-state index contributed by atoms with van der Waals surface area (Å²) in [6, 6.07) is 6.27. The molecule has 0 unspecified atom stereocenters. The molecule has 1 atom stereocenters. The van der Waals surface area contributed by atoms with Gasteiger partial charge in [-0.1, -0.05) is 36.9 Å². The quantitative estimate of drug-likeness (QED) is 0.874. The van der Waals surface area contributed by atoms with Crippen LogP contribution in [-0.2, 0) is 16.0 Å². The maximum absolute atomic E-state index is 11.7. The van der Waals surface area contributed by atoms with Gasteiger partial charge in [0.05, 0.1) is 0 Å². The summed E-state index contributed by atoms with van der Waals surface area (Å²) < 4.78 is 5.07. The third-order valence-electron chi connectivity index (χ3n) is 2.64. The highest BCUT2D eigenvalue weighted by Crippen LogP contribution is 2.10. The first kappa shape index (κ1) is 16.8. The van der Waals surface area contributed by atoms with Crippen molar-refractivity contribution in [3.8, 4) is 0 Å². The van der Waals surface area contributed by atoms with E-state index < -0.39 is 23.7 Å². The number of carboxylic acids is 1. The number of carbonyl (C=O) groups excluding carboxylic acids is 1. The van der Waals surface area contributed by atoms with Gasteiger partial charge in [-0.25, -0.2) is 9.59 Å². The van der Waals surface area contributed by atoms with Gasteiger partial charge in [-0.2, -0.15) is 0 Å². The topological polar surface area (TPSA) is 75.6 Å². The summed E-state index contributed by atoms with van der Waals surface area (Å²) in [7, 11) is 0. The SMILES string of the molecule is C=Cc1ccc(C[C@@H](NC(=O)OC(C)(C)C)C(=O)O)cc1. The van der Waals surface area contributed by atoms with Crippen LogP contribution in [0.4, 0.5) is 4.79 Å². The van der Waals surface area contributed by atoms with Crippen LogP contribution in [0, 0.1) is 0 Å². The molecule has 1 aromatic rings. The number of amides is 1. The molecule has 0 bridgehead atoms. The molecule has 0 saturated carbocycles. The van der Waals surface area contributed by atoms with E-state index in [9.17, 15) is 14.7 Å². The molecule has 1 aromatic carbocycles. The normalized spacial score (nSPS) is 12.3. The van der Waals surface area contributed by atoms with Crippen LogP contribution in [0.15, 0.2) is 30.8 Å². The number of benzene rings is 1. The Morgan fingerprint density at radius 1 is 1.33 bits per heavy atom. The van der Waals surface area contributed by atoms with E-state index in [1.807, 2.05) is 24.3 Å². The summed E-state index contributed by atoms with van der Waals surface area (Å²) >= 11 is 0. The number of alkyl carbamates (subject to hydrolysis) is 1. The number of hydrogen-bond donors (Lipinski definition) is 2. The van der Waals surface area contributed by atoms with E-state index in [1.54, 1.807) is 26.8 Å². The van der Waals surface area contributed by atoms with Crippen LogP contribution in [-0.4, -0.2) is 28.8 Å². The van der Waals surface area contributed by atoms with Gasteiger partial charge in [-0.15, -0.1) is 0 Å². The van der Waals surface area contributed by atoms with E-state index in [0.717, 1.165) is 11.1 Å². The molecule has 5 nitrogen and oxygen atoms in total. The van der Waals surface area contributed by atoms with Crippen molar-refractivity contribution < 1.29 is 19.4 Å². The average Bonchev–Trinajstić information content (AvgIpc) is 2.36.